The lowest BCUT2D eigenvalue weighted by atomic mass is 9.98. The van der Waals surface area contributed by atoms with E-state index in [0.717, 1.165) is 36.4 Å². The Hall–Kier alpha value is -4.76. The number of aromatic nitrogens is 2. The van der Waals surface area contributed by atoms with Gasteiger partial charge in [0.1, 0.15) is 0 Å². The van der Waals surface area contributed by atoms with Gasteiger partial charge < -0.3 is 15.2 Å². The molecule has 0 aliphatic carbocycles. The van der Waals surface area contributed by atoms with Gasteiger partial charge in [-0.05, 0) is 60.8 Å². The van der Waals surface area contributed by atoms with Crippen molar-refractivity contribution in [2.24, 2.45) is 0 Å². The fourth-order valence-corrected chi connectivity index (χ4v) is 5.38. The number of nitrogens with one attached hydrogen (secondary N) is 2. The number of hydrogen-bond donors (Lipinski definition) is 2. The first-order valence-corrected chi connectivity index (χ1v) is 13.5. The van der Waals surface area contributed by atoms with Gasteiger partial charge in [0.25, 0.3) is 11.6 Å². The predicted molar refractivity (Wildman–Crippen MR) is 156 cm³/mol. The number of anilines is 2. The van der Waals surface area contributed by atoms with Crippen molar-refractivity contribution in [1.29, 1.82) is 0 Å². The number of carbonyl (C=O) groups is 1. The standard InChI is InChI=1S/C31H30N6O3/c38-31-29(27-18-26(37(39)40)12-13-28(27)34-31)30(24-8-4-22(5-9-24)20-36-17-14-32-21-36)33-25-10-6-23(7-11-25)19-35-15-2-1-3-16-35/h4-14,17-18,21,33H,1-3,15-16,19-20H2,(H,34,38). The minimum absolute atomic E-state index is 0.0650. The molecule has 2 aliphatic rings. The summed E-state index contributed by atoms with van der Waals surface area (Å²) in [5.41, 5.74) is 5.92. The Bertz CT molecular complexity index is 1550. The number of nitro benzene ring substituents is 1. The molecule has 2 N–H and O–H groups in total. The molecule has 3 aromatic carbocycles. The van der Waals surface area contributed by atoms with Crippen molar-refractivity contribution in [2.45, 2.75) is 32.4 Å². The van der Waals surface area contributed by atoms with E-state index in [1.165, 1.54) is 37.0 Å². The summed E-state index contributed by atoms with van der Waals surface area (Å²) in [6.07, 6.45) is 9.23. The molecule has 1 fully saturated rings. The Morgan fingerprint density at radius 2 is 1.68 bits per heavy atom. The second-order valence-electron chi connectivity index (χ2n) is 10.3. The van der Waals surface area contributed by atoms with E-state index in [1.54, 1.807) is 18.6 Å². The predicted octanol–water partition coefficient (Wildman–Crippen LogP) is 5.76. The average molecular weight is 535 g/mol. The lowest BCUT2D eigenvalue weighted by Gasteiger charge is -2.26. The third kappa shape index (κ3) is 5.50. The highest BCUT2D eigenvalue weighted by atomic mass is 16.6. The van der Waals surface area contributed by atoms with Crippen LogP contribution in [0.25, 0.3) is 11.3 Å². The van der Waals surface area contributed by atoms with Crippen LogP contribution in [0.15, 0.2) is 85.5 Å². The first-order chi connectivity index (χ1) is 19.5. The van der Waals surface area contributed by atoms with E-state index in [0.29, 0.717) is 29.1 Å². The van der Waals surface area contributed by atoms with Crippen molar-refractivity contribution < 1.29 is 9.72 Å². The topological polar surface area (TPSA) is 105 Å². The van der Waals surface area contributed by atoms with Gasteiger partial charge in [-0.25, -0.2) is 4.98 Å². The van der Waals surface area contributed by atoms with E-state index in [1.807, 2.05) is 47.2 Å². The lowest BCUT2D eigenvalue weighted by molar-refractivity contribution is -0.384. The van der Waals surface area contributed by atoms with Gasteiger partial charge in [-0.2, -0.15) is 0 Å². The van der Waals surface area contributed by atoms with Crippen molar-refractivity contribution in [3.63, 3.8) is 0 Å². The van der Waals surface area contributed by atoms with Gasteiger partial charge in [-0.15, -0.1) is 0 Å². The molecular weight excluding hydrogens is 504 g/mol. The number of nitrogens with zero attached hydrogens (tertiary/aromatic N) is 4. The number of imidazole rings is 1. The fourth-order valence-electron chi connectivity index (χ4n) is 5.38. The largest absolute Gasteiger partial charge is 0.354 e. The van der Waals surface area contributed by atoms with E-state index in [9.17, 15) is 14.9 Å². The smallest absolute Gasteiger partial charge is 0.270 e. The van der Waals surface area contributed by atoms with Crippen LogP contribution < -0.4 is 10.6 Å². The molecule has 9 nitrogen and oxygen atoms in total. The van der Waals surface area contributed by atoms with E-state index in [2.05, 4.69) is 32.7 Å². The molecule has 3 heterocycles. The summed E-state index contributed by atoms with van der Waals surface area (Å²) in [7, 11) is 0. The summed E-state index contributed by atoms with van der Waals surface area (Å²) in [6.45, 7) is 3.86. The molecule has 1 saturated heterocycles. The van der Waals surface area contributed by atoms with Gasteiger partial charge in [-0.3, -0.25) is 19.8 Å². The van der Waals surface area contributed by atoms with Gasteiger partial charge in [0.2, 0.25) is 0 Å². The number of amides is 1. The van der Waals surface area contributed by atoms with Gasteiger partial charge in [-0.1, -0.05) is 42.8 Å². The Labute approximate surface area is 232 Å². The monoisotopic (exact) mass is 534 g/mol. The molecule has 9 heteroatoms. The fraction of sp³-hybridized carbons (Fsp3) is 0.226. The van der Waals surface area contributed by atoms with Crippen LogP contribution in [-0.2, 0) is 17.9 Å². The molecule has 0 bridgehead atoms. The zero-order chi connectivity index (χ0) is 27.5. The molecule has 0 spiro atoms. The number of rotatable bonds is 8. The normalized spacial score (nSPS) is 16.4. The highest BCUT2D eigenvalue weighted by Crippen LogP contribution is 2.39. The third-order valence-electron chi connectivity index (χ3n) is 7.45. The van der Waals surface area contributed by atoms with Gasteiger partial charge >= 0.3 is 0 Å². The van der Waals surface area contributed by atoms with Gasteiger partial charge in [0.05, 0.1) is 22.5 Å². The molecular formula is C31H30N6O3. The number of fused-ring (bicyclic) bond motifs is 1. The van der Waals surface area contributed by atoms with Crippen LogP contribution >= 0.6 is 0 Å². The molecule has 1 amide bonds. The van der Waals surface area contributed by atoms with Crippen LogP contribution in [0.3, 0.4) is 0 Å². The maximum atomic E-state index is 13.3. The first kappa shape index (κ1) is 25.5. The number of benzene rings is 3. The Balaban J connectivity index is 1.35. The lowest BCUT2D eigenvalue weighted by Crippen LogP contribution is -2.29. The molecule has 0 unspecified atom stereocenters. The summed E-state index contributed by atoms with van der Waals surface area (Å²) >= 11 is 0. The van der Waals surface area contributed by atoms with Gasteiger partial charge in [0.15, 0.2) is 0 Å². The summed E-state index contributed by atoms with van der Waals surface area (Å²) < 4.78 is 1.98. The molecule has 0 saturated carbocycles. The van der Waals surface area contributed by atoms with E-state index >= 15 is 0 Å². The molecule has 1 aromatic heterocycles. The number of likely N-dealkylation sites (tertiary alicyclic amines) is 1. The summed E-state index contributed by atoms with van der Waals surface area (Å²) in [5, 5.41) is 17.9. The summed E-state index contributed by atoms with van der Waals surface area (Å²) in [4.78, 5) is 30.9. The molecule has 40 heavy (non-hydrogen) atoms. The highest BCUT2D eigenvalue weighted by Gasteiger charge is 2.30. The molecule has 4 aromatic rings. The van der Waals surface area contributed by atoms with E-state index in [-0.39, 0.29) is 11.6 Å². The maximum Gasteiger partial charge on any atom is 0.270 e. The molecule has 6 rings (SSSR count). The SMILES string of the molecule is O=C1Nc2ccc([N+](=O)[O-])cc2C1=C(Nc1ccc(CN2CCCCC2)cc1)c1ccc(Cn2ccnc2)cc1. The van der Waals surface area contributed by atoms with Crippen LogP contribution in [0.1, 0.15) is 41.5 Å². The minimum atomic E-state index is -0.445. The number of non-ortho nitro benzene ring substituents is 1. The van der Waals surface area contributed by atoms with Crippen LogP contribution in [0, 0.1) is 10.1 Å². The molecule has 202 valence electrons. The van der Waals surface area contributed by atoms with E-state index in [4.69, 9.17) is 0 Å². The molecule has 0 atom stereocenters. The quantitative estimate of drug-likeness (QED) is 0.169. The zero-order valence-electron chi connectivity index (χ0n) is 22.0. The summed E-state index contributed by atoms with van der Waals surface area (Å²) in [5.74, 6) is -0.304. The van der Waals surface area contributed by atoms with Crippen LogP contribution in [0.4, 0.5) is 17.1 Å². The Morgan fingerprint density at radius 1 is 0.950 bits per heavy atom. The van der Waals surface area contributed by atoms with Crippen LogP contribution in [-0.4, -0.2) is 38.4 Å². The minimum Gasteiger partial charge on any atom is -0.354 e. The third-order valence-corrected chi connectivity index (χ3v) is 7.45. The number of hydrogen-bond acceptors (Lipinski definition) is 6. The van der Waals surface area contributed by atoms with Crippen molar-refractivity contribution in [1.82, 2.24) is 14.5 Å². The molecule has 0 radical (unpaired) electrons. The number of nitro groups is 1. The van der Waals surface area contributed by atoms with Crippen molar-refractivity contribution in [3.8, 4) is 0 Å². The second-order valence-corrected chi connectivity index (χ2v) is 10.3. The maximum absolute atomic E-state index is 13.3. The van der Waals surface area contributed by atoms with Crippen LogP contribution in [0.2, 0.25) is 0 Å². The van der Waals surface area contributed by atoms with Crippen molar-refractivity contribution in [2.75, 3.05) is 23.7 Å². The summed E-state index contributed by atoms with van der Waals surface area (Å²) in [6, 6.07) is 20.7. The average Bonchev–Trinajstić information content (AvgIpc) is 3.60. The Morgan fingerprint density at radius 3 is 2.38 bits per heavy atom. The number of carbonyl (C=O) groups excluding carboxylic acids is 1. The van der Waals surface area contributed by atoms with Crippen molar-refractivity contribution in [3.05, 3.63) is 118 Å². The Kier molecular flexibility index (Phi) is 7.11. The van der Waals surface area contributed by atoms with Gasteiger partial charge in [0, 0.05) is 54.6 Å². The second kappa shape index (κ2) is 11.2. The first-order valence-electron chi connectivity index (χ1n) is 13.5. The number of piperidine rings is 1. The zero-order valence-corrected chi connectivity index (χ0v) is 22.0. The molecule has 2 aliphatic heterocycles. The van der Waals surface area contributed by atoms with Crippen LogP contribution in [0.5, 0.6) is 0 Å². The van der Waals surface area contributed by atoms with E-state index < -0.39 is 4.92 Å². The highest BCUT2D eigenvalue weighted by molar-refractivity contribution is 6.37. The van der Waals surface area contributed by atoms with Crippen molar-refractivity contribution >= 4 is 34.2 Å².